The van der Waals surface area contributed by atoms with E-state index in [9.17, 15) is 9.18 Å². The summed E-state index contributed by atoms with van der Waals surface area (Å²) < 4.78 is 12.8. The Balaban J connectivity index is 0.00000144. The smallest absolute Gasteiger partial charge is 0.253 e. The molecule has 0 atom stereocenters. The zero-order valence-corrected chi connectivity index (χ0v) is 11.3. The van der Waals surface area contributed by atoms with Gasteiger partial charge in [-0.1, -0.05) is 0 Å². The summed E-state index contributed by atoms with van der Waals surface area (Å²) in [6, 6.07) is 1.16. The standard InChI is InChI=1S/C11H14FN3O.2ClH/c12-9-4-8(5-14-6-9)10(16)15-7-11(13)2-1-3-11;;/h4-6H,1-3,7,13H2,(H,15,16);2*1H. The second-order valence-corrected chi connectivity index (χ2v) is 4.29. The van der Waals surface area contributed by atoms with Crippen molar-refractivity contribution in [3.63, 3.8) is 0 Å². The SMILES string of the molecule is Cl.Cl.NC1(CNC(=O)c2cncc(F)c2)CCC1. The van der Waals surface area contributed by atoms with Crippen molar-refractivity contribution in [2.45, 2.75) is 24.8 Å². The van der Waals surface area contributed by atoms with Gasteiger partial charge in [0.2, 0.25) is 0 Å². The van der Waals surface area contributed by atoms with Crippen LogP contribution in [-0.2, 0) is 0 Å². The minimum atomic E-state index is -0.515. The van der Waals surface area contributed by atoms with Crippen LogP contribution in [0.15, 0.2) is 18.5 Å². The van der Waals surface area contributed by atoms with Crippen molar-refractivity contribution in [2.24, 2.45) is 5.73 Å². The average molecular weight is 296 g/mol. The molecular weight excluding hydrogens is 280 g/mol. The maximum absolute atomic E-state index is 12.8. The number of halogens is 3. The van der Waals surface area contributed by atoms with E-state index in [4.69, 9.17) is 5.73 Å². The molecule has 1 aromatic rings. The van der Waals surface area contributed by atoms with Crippen LogP contribution in [0.4, 0.5) is 4.39 Å². The lowest BCUT2D eigenvalue weighted by Crippen LogP contribution is -2.54. The molecule has 1 saturated carbocycles. The number of nitrogens with zero attached hydrogens (tertiary/aromatic N) is 1. The van der Waals surface area contributed by atoms with Gasteiger partial charge in [0.05, 0.1) is 11.8 Å². The Labute approximate surface area is 117 Å². The highest BCUT2D eigenvalue weighted by molar-refractivity contribution is 5.93. The molecule has 0 radical (unpaired) electrons. The summed E-state index contributed by atoms with van der Waals surface area (Å²) in [6.07, 6.45) is 5.35. The van der Waals surface area contributed by atoms with Gasteiger partial charge < -0.3 is 11.1 Å². The van der Waals surface area contributed by atoms with Gasteiger partial charge in [0, 0.05) is 18.3 Å². The van der Waals surface area contributed by atoms with Crippen LogP contribution in [0.3, 0.4) is 0 Å². The highest BCUT2D eigenvalue weighted by Gasteiger charge is 2.32. The molecule has 1 aliphatic rings. The Morgan fingerprint density at radius 3 is 2.61 bits per heavy atom. The number of rotatable bonds is 3. The van der Waals surface area contributed by atoms with Gasteiger partial charge >= 0.3 is 0 Å². The minimum Gasteiger partial charge on any atom is -0.350 e. The molecule has 0 unspecified atom stereocenters. The van der Waals surface area contributed by atoms with Crippen molar-refractivity contribution in [3.8, 4) is 0 Å². The predicted molar refractivity (Wildman–Crippen MR) is 71.8 cm³/mol. The monoisotopic (exact) mass is 295 g/mol. The van der Waals surface area contributed by atoms with Crippen LogP contribution in [0.25, 0.3) is 0 Å². The lowest BCUT2D eigenvalue weighted by Gasteiger charge is -2.38. The van der Waals surface area contributed by atoms with Crippen molar-refractivity contribution in [1.82, 2.24) is 10.3 Å². The van der Waals surface area contributed by atoms with Crippen molar-refractivity contribution in [2.75, 3.05) is 6.54 Å². The summed E-state index contributed by atoms with van der Waals surface area (Å²) in [6.45, 7) is 0.433. The Hall–Kier alpha value is -0.910. The molecule has 1 aromatic heterocycles. The molecule has 2 rings (SSSR count). The molecule has 0 aliphatic heterocycles. The van der Waals surface area contributed by atoms with E-state index in [1.807, 2.05) is 0 Å². The van der Waals surface area contributed by atoms with Gasteiger partial charge in [0.1, 0.15) is 5.82 Å². The van der Waals surface area contributed by atoms with Gasteiger partial charge in [0.15, 0.2) is 0 Å². The molecule has 7 heteroatoms. The summed E-state index contributed by atoms with van der Waals surface area (Å²) in [7, 11) is 0. The largest absolute Gasteiger partial charge is 0.350 e. The number of carbonyl (C=O) groups is 1. The highest BCUT2D eigenvalue weighted by atomic mass is 35.5. The quantitative estimate of drug-likeness (QED) is 0.891. The summed E-state index contributed by atoms with van der Waals surface area (Å²) in [5.74, 6) is -0.845. The van der Waals surface area contributed by atoms with Crippen molar-refractivity contribution in [1.29, 1.82) is 0 Å². The van der Waals surface area contributed by atoms with Crippen molar-refractivity contribution < 1.29 is 9.18 Å². The fraction of sp³-hybridized carbons (Fsp3) is 0.455. The first-order chi connectivity index (χ1) is 7.59. The Morgan fingerprint density at radius 2 is 2.11 bits per heavy atom. The third-order valence-corrected chi connectivity index (χ3v) is 2.92. The van der Waals surface area contributed by atoms with Gasteiger partial charge in [-0.3, -0.25) is 9.78 Å². The van der Waals surface area contributed by atoms with E-state index < -0.39 is 5.82 Å². The van der Waals surface area contributed by atoms with Gasteiger partial charge in [-0.05, 0) is 25.3 Å². The van der Waals surface area contributed by atoms with Crippen molar-refractivity contribution >= 4 is 30.7 Å². The molecule has 0 spiro atoms. The zero-order chi connectivity index (χ0) is 11.6. The number of pyridine rings is 1. The van der Waals surface area contributed by atoms with Crippen LogP contribution >= 0.6 is 24.8 Å². The summed E-state index contributed by atoms with van der Waals surface area (Å²) in [5.41, 5.74) is 5.91. The fourth-order valence-electron chi connectivity index (χ4n) is 1.70. The lowest BCUT2D eigenvalue weighted by molar-refractivity contribution is 0.0929. The molecular formula is C11H16Cl2FN3O. The van der Waals surface area contributed by atoms with Gasteiger partial charge in [0.25, 0.3) is 5.91 Å². The maximum atomic E-state index is 12.8. The fourth-order valence-corrected chi connectivity index (χ4v) is 1.70. The van der Waals surface area contributed by atoms with Crippen LogP contribution in [0.5, 0.6) is 0 Å². The summed E-state index contributed by atoms with van der Waals surface area (Å²) in [5, 5.41) is 2.70. The number of aromatic nitrogens is 1. The number of amides is 1. The van der Waals surface area contributed by atoms with E-state index in [-0.39, 0.29) is 41.8 Å². The van der Waals surface area contributed by atoms with Crippen LogP contribution < -0.4 is 11.1 Å². The molecule has 18 heavy (non-hydrogen) atoms. The van der Waals surface area contributed by atoms with Crippen LogP contribution in [0.1, 0.15) is 29.6 Å². The van der Waals surface area contributed by atoms with E-state index >= 15 is 0 Å². The van der Waals surface area contributed by atoms with Gasteiger partial charge in [-0.2, -0.15) is 0 Å². The topological polar surface area (TPSA) is 68.0 Å². The first-order valence-corrected chi connectivity index (χ1v) is 5.27. The normalized spacial score (nSPS) is 15.7. The van der Waals surface area contributed by atoms with E-state index in [0.29, 0.717) is 6.54 Å². The van der Waals surface area contributed by atoms with Crippen LogP contribution in [0.2, 0.25) is 0 Å². The third kappa shape index (κ3) is 4.08. The summed E-state index contributed by atoms with van der Waals surface area (Å²) in [4.78, 5) is 15.2. The Morgan fingerprint density at radius 1 is 1.44 bits per heavy atom. The first kappa shape index (κ1) is 17.1. The highest BCUT2D eigenvalue weighted by Crippen LogP contribution is 2.28. The van der Waals surface area contributed by atoms with E-state index in [2.05, 4.69) is 10.3 Å². The molecule has 3 N–H and O–H groups in total. The molecule has 0 saturated heterocycles. The predicted octanol–water partition coefficient (Wildman–Crippen LogP) is 1.68. The Bertz CT molecular complexity index is 413. The number of hydrogen-bond acceptors (Lipinski definition) is 3. The van der Waals surface area contributed by atoms with Crippen LogP contribution in [0, 0.1) is 5.82 Å². The average Bonchev–Trinajstić information content (AvgIpc) is 2.23. The van der Waals surface area contributed by atoms with E-state index in [1.165, 1.54) is 6.20 Å². The number of hydrogen-bond donors (Lipinski definition) is 2. The number of nitrogens with one attached hydrogen (secondary N) is 1. The molecule has 1 aliphatic carbocycles. The molecule has 4 nitrogen and oxygen atoms in total. The number of carbonyl (C=O) groups excluding carboxylic acids is 1. The minimum absolute atomic E-state index is 0. The van der Waals surface area contributed by atoms with Crippen molar-refractivity contribution in [3.05, 3.63) is 29.8 Å². The van der Waals surface area contributed by atoms with Gasteiger partial charge in [-0.15, -0.1) is 24.8 Å². The molecule has 0 aromatic carbocycles. The molecule has 1 fully saturated rings. The lowest BCUT2D eigenvalue weighted by atomic mass is 9.78. The van der Waals surface area contributed by atoms with E-state index in [1.54, 1.807) is 0 Å². The molecule has 102 valence electrons. The molecule has 0 bridgehead atoms. The van der Waals surface area contributed by atoms with Crippen LogP contribution in [-0.4, -0.2) is 23.0 Å². The molecule has 1 amide bonds. The van der Waals surface area contributed by atoms with E-state index in [0.717, 1.165) is 31.5 Å². The van der Waals surface area contributed by atoms with Gasteiger partial charge in [-0.25, -0.2) is 4.39 Å². The third-order valence-electron chi connectivity index (χ3n) is 2.92. The first-order valence-electron chi connectivity index (χ1n) is 5.27. The summed E-state index contributed by atoms with van der Waals surface area (Å²) >= 11 is 0. The number of nitrogens with two attached hydrogens (primary N) is 1. The molecule has 1 heterocycles. The second-order valence-electron chi connectivity index (χ2n) is 4.29. The second kappa shape index (κ2) is 6.87. The zero-order valence-electron chi connectivity index (χ0n) is 9.69. The maximum Gasteiger partial charge on any atom is 0.253 e. The Kier molecular flexibility index (Phi) is 6.52.